The van der Waals surface area contributed by atoms with E-state index in [0.29, 0.717) is 31.7 Å². The lowest BCUT2D eigenvalue weighted by Gasteiger charge is -2.43. The first kappa shape index (κ1) is 18.9. The molecule has 0 aliphatic carbocycles. The molecule has 2 heterocycles. The second-order valence-corrected chi connectivity index (χ2v) is 8.11. The Morgan fingerprint density at radius 1 is 1.50 bits per heavy atom. The summed E-state index contributed by atoms with van der Waals surface area (Å²) in [6.45, 7) is 6.39. The van der Waals surface area contributed by atoms with E-state index in [4.69, 9.17) is 0 Å². The molecular weight excluding hydrogens is 328 g/mol. The molecule has 2 atom stereocenters. The molecule has 1 aliphatic heterocycles. The van der Waals surface area contributed by atoms with Crippen LogP contribution in [0.25, 0.3) is 0 Å². The standard InChI is InChI=1S/C17H26N2O4S/c1-11(2)4-6-17(16(22)23)10-19(7-5-14(17)20)15(21)8-13-9-24-12(3)18-13/h9,11,14,20H,4-8,10H2,1-3H3,(H,22,23)/t14-,17+/m0/s1. The minimum atomic E-state index is -1.27. The summed E-state index contributed by atoms with van der Waals surface area (Å²) in [4.78, 5) is 30.3. The average molecular weight is 354 g/mol. The number of hydrogen-bond donors (Lipinski definition) is 2. The van der Waals surface area contributed by atoms with Gasteiger partial charge in [0.05, 0.1) is 23.2 Å². The Bertz CT molecular complexity index is 601. The lowest BCUT2D eigenvalue weighted by atomic mass is 9.72. The zero-order valence-electron chi connectivity index (χ0n) is 14.5. The number of aromatic nitrogens is 1. The van der Waals surface area contributed by atoms with Crippen LogP contribution in [0.4, 0.5) is 0 Å². The van der Waals surface area contributed by atoms with Crippen LogP contribution in [0.1, 0.15) is 43.8 Å². The molecule has 6 nitrogen and oxygen atoms in total. The number of hydrogen-bond acceptors (Lipinski definition) is 5. The Hall–Kier alpha value is -1.47. The predicted molar refractivity (Wildman–Crippen MR) is 91.9 cm³/mol. The number of aliphatic hydroxyl groups excluding tert-OH is 1. The number of carbonyl (C=O) groups is 2. The van der Waals surface area contributed by atoms with Crippen LogP contribution in [0.15, 0.2) is 5.38 Å². The molecular formula is C17H26N2O4S. The molecule has 0 unspecified atom stereocenters. The van der Waals surface area contributed by atoms with Gasteiger partial charge in [0.15, 0.2) is 0 Å². The number of carboxylic acid groups (broad SMARTS) is 1. The molecule has 2 rings (SSSR count). The highest BCUT2D eigenvalue weighted by atomic mass is 32.1. The van der Waals surface area contributed by atoms with E-state index in [0.717, 1.165) is 10.7 Å². The summed E-state index contributed by atoms with van der Waals surface area (Å²) in [6, 6.07) is 0. The van der Waals surface area contributed by atoms with E-state index in [2.05, 4.69) is 4.98 Å². The van der Waals surface area contributed by atoms with Gasteiger partial charge in [0.25, 0.3) is 0 Å². The summed E-state index contributed by atoms with van der Waals surface area (Å²) < 4.78 is 0. The third kappa shape index (κ3) is 4.13. The maximum atomic E-state index is 12.5. The van der Waals surface area contributed by atoms with Gasteiger partial charge in [-0.15, -0.1) is 11.3 Å². The normalized spacial score (nSPS) is 24.4. The lowest BCUT2D eigenvalue weighted by Crippen LogP contribution is -2.57. The first-order valence-corrected chi connectivity index (χ1v) is 9.23. The second kappa shape index (κ2) is 7.61. The number of carbonyl (C=O) groups excluding carboxylic acids is 1. The fraction of sp³-hybridized carbons (Fsp3) is 0.706. The number of aliphatic carboxylic acids is 1. The summed E-state index contributed by atoms with van der Waals surface area (Å²) >= 11 is 1.49. The maximum Gasteiger partial charge on any atom is 0.314 e. The van der Waals surface area contributed by atoms with E-state index in [9.17, 15) is 19.8 Å². The summed E-state index contributed by atoms with van der Waals surface area (Å²) in [7, 11) is 0. The highest BCUT2D eigenvalue weighted by Gasteiger charge is 2.49. The van der Waals surface area contributed by atoms with Gasteiger partial charge >= 0.3 is 5.97 Å². The summed E-state index contributed by atoms with van der Waals surface area (Å²) in [5.41, 5.74) is -0.548. The quantitative estimate of drug-likeness (QED) is 0.816. The van der Waals surface area contributed by atoms with Crippen LogP contribution in [0.5, 0.6) is 0 Å². The molecule has 2 N–H and O–H groups in total. The molecule has 0 saturated carbocycles. The molecule has 1 saturated heterocycles. The van der Waals surface area contributed by atoms with Gasteiger partial charge in [0.1, 0.15) is 5.41 Å². The number of rotatable bonds is 6. The van der Waals surface area contributed by atoms with Crippen molar-refractivity contribution in [3.05, 3.63) is 16.1 Å². The topological polar surface area (TPSA) is 90.7 Å². The average Bonchev–Trinajstić information content (AvgIpc) is 2.91. The number of thiazole rings is 1. The molecule has 1 aromatic heterocycles. The molecule has 0 aromatic carbocycles. The van der Waals surface area contributed by atoms with Gasteiger partial charge in [-0.2, -0.15) is 0 Å². The lowest BCUT2D eigenvalue weighted by molar-refractivity contribution is -0.167. The number of likely N-dealkylation sites (tertiary alicyclic amines) is 1. The van der Waals surface area contributed by atoms with Crippen molar-refractivity contribution in [3.63, 3.8) is 0 Å². The molecule has 24 heavy (non-hydrogen) atoms. The molecule has 0 spiro atoms. The Morgan fingerprint density at radius 2 is 2.21 bits per heavy atom. The minimum Gasteiger partial charge on any atom is -0.481 e. The third-order valence-electron chi connectivity index (χ3n) is 4.73. The van der Waals surface area contributed by atoms with Gasteiger partial charge < -0.3 is 15.1 Å². The molecule has 0 bridgehead atoms. The number of aliphatic hydroxyl groups is 1. The predicted octanol–water partition coefficient (Wildman–Crippen LogP) is 2.09. The van der Waals surface area contributed by atoms with Gasteiger partial charge in [-0.05, 0) is 32.1 Å². The van der Waals surface area contributed by atoms with Crippen molar-refractivity contribution >= 4 is 23.2 Å². The Balaban J connectivity index is 2.12. The Morgan fingerprint density at radius 3 is 2.75 bits per heavy atom. The van der Waals surface area contributed by atoms with Crippen LogP contribution in [0.3, 0.4) is 0 Å². The van der Waals surface area contributed by atoms with Crippen LogP contribution >= 0.6 is 11.3 Å². The van der Waals surface area contributed by atoms with Crippen LogP contribution in [-0.2, 0) is 16.0 Å². The third-order valence-corrected chi connectivity index (χ3v) is 5.55. The smallest absolute Gasteiger partial charge is 0.314 e. The number of carboxylic acids is 1. The fourth-order valence-electron chi connectivity index (χ4n) is 3.16. The molecule has 1 fully saturated rings. The first-order valence-electron chi connectivity index (χ1n) is 8.35. The van der Waals surface area contributed by atoms with Crippen molar-refractivity contribution in [1.29, 1.82) is 0 Å². The largest absolute Gasteiger partial charge is 0.481 e. The van der Waals surface area contributed by atoms with Gasteiger partial charge in [0.2, 0.25) is 5.91 Å². The SMILES string of the molecule is Cc1nc(CC(=O)N2CC[C@H](O)[C@](CCC(C)C)(C(=O)O)C2)cs1. The van der Waals surface area contributed by atoms with E-state index >= 15 is 0 Å². The van der Waals surface area contributed by atoms with Crippen molar-refractivity contribution in [2.24, 2.45) is 11.3 Å². The van der Waals surface area contributed by atoms with Gasteiger partial charge in [-0.25, -0.2) is 4.98 Å². The van der Waals surface area contributed by atoms with E-state index in [1.165, 1.54) is 11.3 Å². The van der Waals surface area contributed by atoms with Crippen molar-refractivity contribution in [3.8, 4) is 0 Å². The van der Waals surface area contributed by atoms with E-state index in [-0.39, 0.29) is 18.9 Å². The highest BCUT2D eigenvalue weighted by molar-refractivity contribution is 7.09. The number of amides is 1. The zero-order valence-corrected chi connectivity index (χ0v) is 15.3. The number of nitrogens with zero attached hydrogens (tertiary/aromatic N) is 2. The number of aryl methyl sites for hydroxylation is 1. The molecule has 7 heteroatoms. The molecule has 1 amide bonds. The summed E-state index contributed by atoms with van der Waals surface area (Å²) in [6.07, 6.45) is 0.642. The number of piperidine rings is 1. The van der Waals surface area contributed by atoms with E-state index < -0.39 is 17.5 Å². The summed E-state index contributed by atoms with van der Waals surface area (Å²) in [5, 5.41) is 22.9. The molecule has 1 aliphatic rings. The highest BCUT2D eigenvalue weighted by Crippen LogP contribution is 2.37. The maximum absolute atomic E-state index is 12.5. The van der Waals surface area contributed by atoms with Gasteiger partial charge in [0, 0.05) is 18.5 Å². The van der Waals surface area contributed by atoms with Crippen LogP contribution in [0.2, 0.25) is 0 Å². The molecule has 134 valence electrons. The molecule has 0 radical (unpaired) electrons. The van der Waals surface area contributed by atoms with Crippen LogP contribution in [0, 0.1) is 18.3 Å². The minimum absolute atomic E-state index is 0.0676. The van der Waals surface area contributed by atoms with Crippen molar-refractivity contribution in [2.75, 3.05) is 13.1 Å². The van der Waals surface area contributed by atoms with Crippen molar-refractivity contribution < 1.29 is 19.8 Å². The second-order valence-electron chi connectivity index (χ2n) is 7.05. The first-order chi connectivity index (χ1) is 11.2. The molecule has 1 aromatic rings. The van der Waals surface area contributed by atoms with Crippen LogP contribution in [-0.4, -0.2) is 51.2 Å². The van der Waals surface area contributed by atoms with Crippen molar-refractivity contribution in [1.82, 2.24) is 9.88 Å². The van der Waals surface area contributed by atoms with Crippen molar-refractivity contribution in [2.45, 2.75) is 52.6 Å². The fourth-order valence-corrected chi connectivity index (χ4v) is 3.77. The Labute approximate surface area is 146 Å². The van der Waals surface area contributed by atoms with Gasteiger partial charge in [-0.1, -0.05) is 13.8 Å². The zero-order chi connectivity index (χ0) is 17.9. The van der Waals surface area contributed by atoms with Crippen LogP contribution < -0.4 is 0 Å². The Kier molecular flexibility index (Phi) is 5.98. The van der Waals surface area contributed by atoms with E-state index in [1.807, 2.05) is 26.2 Å². The van der Waals surface area contributed by atoms with Gasteiger partial charge in [-0.3, -0.25) is 9.59 Å². The summed E-state index contributed by atoms with van der Waals surface area (Å²) in [5.74, 6) is -0.794. The van der Waals surface area contributed by atoms with E-state index in [1.54, 1.807) is 4.90 Å². The monoisotopic (exact) mass is 354 g/mol.